The Kier molecular flexibility index (Phi) is 7.22. The minimum absolute atomic E-state index is 0.0969. The fourth-order valence-electron chi connectivity index (χ4n) is 6.36. The number of aromatic nitrogens is 5. The molecule has 1 saturated heterocycles. The number of hydrogen-bond donors (Lipinski definition) is 1. The number of pyridine rings is 1. The lowest BCUT2D eigenvalue weighted by atomic mass is 9.88. The number of rotatable bonds is 7. The number of H-pyrrole nitrogens is 1. The molecule has 1 aliphatic heterocycles. The molecule has 38 heavy (non-hydrogen) atoms. The van der Waals surface area contributed by atoms with E-state index in [0.717, 1.165) is 67.7 Å². The average Bonchev–Trinajstić information content (AvgIpc) is 3.44. The maximum atomic E-state index is 13.6. The third-order valence-corrected chi connectivity index (χ3v) is 8.44. The van der Waals surface area contributed by atoms with Gasteiger partial charge in [0.05, 0.1) is 18.7 Å². The molecule has 1 saturated carbocycles. The molecule has 1 atom stereocenters. The van der Waals surface area contributed by atoms with Crippen LogP contribution >= 0.6 is 0 Å². The molecule has 0 radical (unpaired) electrons. The van der Waals surface area contributed by atoms with Crippen molar-refractivity contribution in [2.45, 2.75) is 63.5 Å². The van der Waals surface area contributed by atoms with Gasteiger partial charge in [-0.3, -0.25) is 9.69 Å². The highest BCUT2D eigenvalue weighted by Crippen LogP contribution is 2.35. The zero-order valence-electron chi connectivity index (χ0n) is 22.1. The van der Waals surface area contributed by atoms with Crippen LogP contribution in [-0.2, 0) is 6.42 Å². The number of nitrogens with one attached hydrogen (secondary N) is 1. The van der Waals surface area contributed by atoms with Crippen molar-refractivity contribution in [1.82, 2.24) is 30.1 Å². The quantitative estimate of drug-likeness (QED) is 0.372. The van der Waals surface area contributed by atoms with E-state index >= 15 is 0 Å². The second kappa shape index (κ2) is 11.1. The zero-order valence-corrected chi connectivity index (χ0v) is 22.1. The van der Waals surface area contributed by atoms with E-state index in [9.17, 15) is 4.79 Å². The number of benzene rings is 2. The molecule has 2 aliphatic rings. The molecular formula is C30H36N6O2. The summed E-state index contributed by atoms with van der Waals surface area (Å²) in [5.74, 6) is 2.14. The van der Waals surface area contributed by atoms with Crippen LogP contribution in [0, 0.1) is 5.92 Å². The molecular weight excluding hydrogens is 476 g/mol. The van der Waals surface area contributed by atoms with Gasteiger partial charge < -0.3 is 9.72 Å². The number of methoxy groups -OCH3 is 1. The largest absolute Gasteiger partial charge is 0.497 e. The van der Waals surface area contributed by atoms with Crippen molar-refractivity contribution in [2.24, 2.45) is 5.92 Å². The molecule has 0 amide bonds. The molecule has 1 aliphatic carbocycles. The lowest BCUT2D eigenvalue weighted by Crippen LogP contribution is -2.41. The summed E-state index contributed by atoms with van der Waals surface area (Å²) in [6.07, 6.45) is 9.07. The molecule has 8 heteroatoms. The summed E-state index contributed by atoms with van der Waals surface area (Å²) in [7, 11) is 1.64. The summed E-state index contributed by atoms with van der Waals surface area (Å²) < 4.78 is 7.39. The molecule has 6 rings (SSSR count). The van der Waals surface area contributed by atoms with E-state index in [1.807, 2.05) is 28.9 Å². The molecule has 2 aromatic heterocycles. The van der Waals surface area contributed by atoms with Gasteiger partial charge in [0, 0.05) is 11.6 Å². The number of tetrazole rings is 1. The van der Waals surface area contributed by atoms with E-state index < -0.39 is 0 Å². The van der Waals surface area contributed by atoms with Crippen molar-refractivity contribution < 1.29 is 4.74 Å². The van der Waals surface area contributed by atoms with Gasteiger partial charge in [-0.05, 0) is 90.7 Å². The predicted molar refractivity (Wildman–Crippen MR) is 147 cm³/mol. The summed E-state index contributed by atoms with van der Waals surface area (Å²) in [4.78, 5) is 19.1. The van der Waals surface area contributed by atoms with Gasteiger partial charge in [0.1, 0.15) is 11.8 Å². The van der Waals surface area contributed by atoms with Crippen molar-refractivity contribution in [3.05, 3.63) is 81.9 Å². The fraction of sp³-hybridized carbons (Fsp3) is 0.467. The smallest absolute Gasteiger partial charge is 0.253 e. The van der Waals surface area contributed by atoms with Crippen LogP contribution in [0.3, 0.4) is 0 Å². The van der Waals surface area contributed by atoms with Gasteiger partial charge in [-0.1, -0.05) is 49.6 Å². The Labute approximate surface area is 223 Å². The monoisotopic (exact) mass is 512 g/mol. The Morgan fingerprint density at radius 3 is 2.55 bits per heavy atom. The number of ether oxygens (including phenoxy) is 1. The van der Waals surface area contributed by atoms with E-state index in [0.29, 0.717) is 11.5 Å². The Morgan fingerprint density at radius 1 is 1.00 bits per heavy atom. The highest BCUT2D eigenvalue weighted by Gasteiger charge is 2.34. The standard InChI is InChI=1S/C30H36N6O2/c1-38-25-13-12-23-19-26(30(37)31-27(23)20-25)28(29-32-33-34-36(29)24-10-6-3-7-11-24)35-16-14-22(15-17-35)18-21-8-4-2-5-9-21/h2,4-5,8-9,12-13,19-20,22,24,28H,3,6-7,10-11,14-18H2,1H3,(H,31,37). The lowest BCUT2D eigenvalue weighted by molar-refractivity contribution is 0.140. The minimum Gasteiger partial charge on any atom is -0.497 e. The highest BCUT2D eigenvalue weighted by atomic mass is 16.5. The Bertz CT molecular complexity index is 1420. The Morgan fingerprint density at radius 2 is 1.79 bits per heavy atom. The summed E-state index contributed by atoms with van der Waals surface area (Å²) in [6.45, 7) is 1.81. The first-order valence-corrected chi connectivity index (χ1v) is 14.0. The first-order valence-electron chi connectivity index (χ1n) is 14.0. The maximum absolute atomic E-state index is 13.6. The summed E-state index contributed by atoms with van der Waals surface area (Å²) in [6, 6.07) is 18.6. The Balaban J connectivity index is 1.34. The summed E-state index contributed by atoms with van der Waals surface area (Å²) in [5.41, 5.74) is 2.77. The van der Waals surface area contributed by atoms with E-state index in [4.69, 9.17) is 4.74 Å². The molecule has 0 bridgehead atoms. The van der Waals surface area contributed by atoms with Crippen molar-refractivity contribution in [1.29, 1.82) is 0 Å². The molecule has 1 unspecified atom stereocenters. The first kappa shape index (κ1) is 24.8. The normalized spacial score (nSPS) is 18.6. The molecule has 0 spiro atoms. The molecule has 2 fully saturated rings. The molecule has 4 aromatic rings. The van der Waals surface area contributed by atoms with E-state index in [-0.39, 0.29) is 17.6 Å². The van der Waals surface area contributed by atoms with Crippen LogP contribution in [0.1, 0.15) is 74.0 Å². The van der Waals surface area contributed by atoms with Crippen LogP contribution in [-0.4, -0.2) is 50.3 Å². The van der Waals surface area contributed by atoms with Gasteiger partial charge in [0.15, 0.2) is 5.82 Å². The Hall–Kier alpha value is -3.52. The number of nitrogens with zero attached hydrogens (tertiary/aromatic N) is 5. The van der Waals surface area contributed by atoms with Crippen LogP contribution < -0.4 is 10.3 Å². The van der Waals surface area contributed by atoms with Gasteiger partial charge in [-0.15, -0.1) is 5.10 Å². The number of hydrogen-bond acceptors (Lipinski definition) is 6. The van der Waals surface area contributed by atoms with Crippen LogP contribution in [0.2, 0.25) is 0 Å². The number of likely N-dealkylation sites (tertiary alicyclic amines) is 1. The molecule has 1 N–H and O–H groups in total. The van der Waals surface area contributed by atoms with Gasteiger partial charge in [0.25, 0.3) is 5.56 Å². The highest BCUT2D eigenvalue weighted by molar-refractivity contribution is 5.80. The summed E-state index contributed by atoms with van der Waals surface area (Å²) in [5, 5.41) is 14.1. The first-order chi connectivity index (χ1) is 18.7. The molecule has 2 aromatic carbocycles. The van der Waals surface area contributed by atoms with E-state index in [2.05, 4.69) is 55.7 Å². The van der Waals surface area contributed by atoms with Gasteiger partial charge in [-0.25, -0.2) is 4.68 Å². The maximum Gasteiger partial charge on any atom is 0.253 e. The topological polar surface area (TPSA) is 88.9 Å². The minimum atomic E-state index is -0.292. The van der Waals surface area contributed by atoms with Crippen LogP contribution in [0.25, 0.3) is 10.9 Å². The van der Waals surface area contributed by atoms with Crippen LogP contribution in [0.5, 0.6) is 5.75 Å². The van der Waals surface area contributed by atoms with Crippen molar-refractivity contribution in [3.8, 4) is 5.75 Å². The van der Waals surface area contributed by atoms with Gasteiger partial charge in [0.2, 0.25) is 0 Å². The second-order valence-electron chi connectivity index (χ2n) is 10.9. The van der Waals surface area contributed by atoms with Crippen molar-refractivity contribution >= 4 is 10.9 Å². The average molecular weight is 513 g/mol. The number of piperidine rings is 1. The fourth-order valence-corrected chi connectivity index (χ4v) is 6.36. The summed E-state index contributed by atoms with van der Waals surface area (Å²) >= 11 is 0. The lowest BCUT2D eigenvalue weighted by Gasteiger charge is -2.37. The SMILES string of the molecule is COc1ccc2cc(C(c3nnnn3C3CCCCC3)N3CCC(Cc4ccccc4)CC3)c(=O)[nH]c2c1. The van der Waals surface area contributed by atoms with Gasteiger partial charge >= 0.3 is 0 Å². The van der Waals surface area contributed by atoms with E-state index in [1.54, 1.807) is 7.11 Å². The van der Waals surface area contributed by atoms with E-state index in [1.165, 1.54) is 24.8 Å². The molecule has 8 nitrogen and oxygen atoms in total. The van der Waals surface area contributed by atoms with Crippen molar-refractivity contribution in [3.63, 3.8) is 0 Å². The zero-order chi connectivity index (χ0) is 25.9. The van der Waals surface area contributed by atoms with Gasteiger partial charge in [-0.2, -0.15) is 0 Å². The van der Waals surface area contributed by atoms with Crippen molar-refractivity contribution in [2.75, 3.05) is 20.2 Å². The number of aromatic amines is 1. The molecule has 198 valence electrons. The number of fused-ring (bicyclic) bond motifs is 1. The predicted octanol–water partition coefficient (Wildman–Crippen LogP) is 5.07. The third-order valence-electron chi connectivity index (χ3n) is 8.44. The third kappa shape index (κ3) is 5.10. The second-order valence-corrected chi connectivity index (χ2v) is 10.9. The molecule has 3 heterocycles. The van der Waals surface area contributed by atoms with Crippen LogP contribution in [0.4, 0.5) is 0 Å². The van der Waals surface area contributed by atoms with Crippen LogP contribution in [0.15, 0.2) is 59.4 Å².